The van der Waals surface area contributed by atoms with Gasteiger partial charge in [-0.05, 0) is 25.1 Å². The molecule has 1 amide bonds. The number of hydrogen-bond donors (Lipinski definition) is 1. The number of ether oxygens (including phenoxy) is 1. The molecule has 0 radical (unpaired) electrons. The van der Waals surface area contributed by atoms with Crippen LogP contribution in [-0.4, -0.2) is 32.2 Å². The summed E-state index contributed by atoms with van der Waals surface area (Å²) in [6.45, 7) is 2.34. The second-order valence-corrected chi connectivity index (χ2v) is 3.52. The van der Waals surface area contributed by atoms with Crippen LogP contribution in [0, 0.1) is 5.82 Å². The van der Waals surface area contributed by atoms with Crippen LogP contribution in [0.3, 0.4) is 0 Å². The number of benzene rings is 1. The third-order valence-electron chi connectivity index (χ3n) is 2.48. The highest BCUT2D eigenvalue weighted by molar-refractivity contribution is 5.96. The van der Waals surface area contributed by atoms with Crippen LogP contribution in [-0.2, 0) is 9.53 Å². The summed E-state index contributed by atoms with van der Waals surface area (Å²) in [6, 6.07) is 5.88. The van der Waals surface area contributed by atoms with Crippen molar-refractivity contribution in [2.45, 2.75) is 13.0 Å². The molecule has 94 valence electrons. The van der Waals surface area contributed by atoms with Gasteiger partial charge in [-0.15, -0.1) is 0 Å². The van der Waals surface area contributed by atoms with Gasteiger partial charge in [-0.2, -0.15) is 0 Å². The van der Waals surface area contributed by atoms with Crippen molar-refractivity contribution < 1.29 is 13.9 Å². The maximum atomic E-state index is 13.1. The number of hydrogen-bond acceptors (Lipinski definition) is 3. The van der Waals surface area contributed by atoms with Gasteiger partial charge in [-0.1, -0.05) is 6.07 Å². The van der Waals surface area contributed by atoms with Gasteiger partial charge in [0.15, 0.2) is 0 Å². The molecule has 0 aliphatic rings. The molecule has 2 N–H and O–H groups in total. The third kappa shape index (κ3) is 3.25. The number of nitrogens with two attached hydrogens (primary N) is 1. The van der Waals surface area contributed by atoms with E-state index in [1.54, 1.807) is 12.1 Å². The third-order valence-corrected chi connectivity index (χ3v) is 2.48. The van der Waals surface area contributed by atoms with Crippen molar-refractivity contribution in [2.75, 3.05) is 25.1 Å². The fraction of sp³-hybridized carbons (Fsp3) is 0.417. The van der Waals surface area contributed by atoms with Gasteiger partial charge in [-0.25, -0.2) is 4.39 Å². The zero-order valence-corrected chi connectivity index (χ0v) is 10.0. The quantitative estimate of drug-likeness (QED) is 0.840. The molecule has 1 aromatic carbocycles. The first-order valence-electron chi connectivity index (χ1n) is 5.43. The van der Waals surface area contributed by atoms with Crippen molar-refractivity contribution in [1.29, 1.82) is 0 Å². The van der Waals surface area contributed by atoms with E-state index in [-0.39, 0.29) is 18.3 Å². The first-order chi connectivity index (χ1) is 8.13. The molecular formula is C12H17FN2O2. The minimum absolute atomic E-state index is 0.0984. The van der Waals surface area contributed by atoms with Gasteiger partial charge in [-0.3, -0.25) is 4.79 Å². The Morgan fingerprint density at radius 3 is 2.76 bits per heavy atom. The molecule has 0 heterocycles. The number of rotatable bonds is 5. The van der Waals surface area contributed by atoms with Crippen molar-refractivity contribution in [1.82, 2.24) is 0 Å². The molecule has 0 aliphatic heterocycles. The molecule has 4 nitrogen and oxygen atoms in total. The van der Waals surface area contributed by atoms with E-state index in [0.717, 1.165) is 0 Å². The minimum Gasteiger partial charge on any atom is -0.370 e. The Hall–Kier alpha value is -1.46. The normalized spacial score (nSPS) is 12.2. The number of carbonyl (C=O) groups is 1. The highest BCUT2D eigenvalue weighted by atomic mass is 19.1. The lowest BCUT2D eigenvalue weighted by atomic mass is 10.2. The van der Waals surface area contributed by atoms with Crippen LogP contribution in [0.4, 0.5) is 10.1 Å². The lowest BCUT2D eigenvalue weighted by Gasteiger charge is -2.25. The van der Waals surface area contributed by atoms with E-state index in [0.29, 0.717) is 12.2 Å². The molecule has 17 heavy (non-hydrogen) atoms. The molecule has 1 atom stereocenters. The zero-order chi connectivity index (χ0) is 12.8. The van der Waals surface area contributed by atoms with Crippen LogP contribution in [0.15, 0.2) is 24.3 Å². The Labute approximate surface area is 100 Å². The lowest BCUT2D eigenvalue weighted by molar-refractivity contribution is -0.127. The first kappa shape index (κ1) is 13.6. The maximum absolute atomic E-state index is 13.1. The molecule has 0 saturated heterocycles. The molecular weight excluding hydrogens is 223 g/mol. The first-order valence-corrected chi connectivity index (χ1v) is 5.43. The van der Waals surface area contributed by atoms with Gasteiger partial charge in [0.25, 0.3) is 5.91 Å². The number of methoxy groups -OCH3 is 1. The molecule has 0 saturated carbocycles. The Balaban J connectivity index is 2.95. The molecule has 5 heteroatoms. The summed E-state index contributed by atoms with van der Waals surface area (Å²) in [4.78, 5) is 13.5. The van der Waals surface area contributed by atoms with Crippen molar-refractivity contribution >= 4 is 11.6 Å². The van der Waals surface area contributed by atoms with Gasteiger partial charge in [0.05, 0.1) is 0 Å². The van der Waals surface area contributed by atoms with Crippen molar-refractivity contribution in [2.24, 2.45) is 5.73 Å². The fourth-order valence-electron chi connectivity index (χ4n) is 1.58. The van der Waals surface area contributed by atoms with Gasteiger partial charge in [0, 0.05) is 25.9 Å². The second-order valence-electron chi connectivity index (χ2n) is 3.52. The lowest BCUT2D eigenvalue weighted by Crippen LogP contribution is -2.43. The Morgan fingerprint density at radius 2 is 2.29 bits per heavy atom. The number of nitrogens with zero attached hydrogens (tertiary/aromatic N) is 1. The van der Waals surface area contributed by atoms with E-state index in [9.17, 15) is 9.18 Å². The maximum Gasteiger partial charge on any atom is 0.257 e. The van der Waals surface area contributed by atoms with Crippen LogP contribution in [0.25, 0.3) is 0 Å². The summed E-state index contributed by atoms with van der Waals surface area (Å²) in [5, 5.41) is 0. The summed E-state index contributed by atoms with van der Waals surface area (Å²) >= 11 is 0. The van der Waals surface area contributed by atoms with Gasteiger partial charge in [0.2, 0.25) is 0 Å². The van der Waals surface area contributed by atoms with Gasteiger partial charge >= 0.3 is 0 Å². The predicted octanol–water partition coefficient (Wildman–Crippen LogP) is 1.15. The molecule has 1 unspecified atom stereocenters. The van der Waals surface area contributed by atoms with Crippen LogP contribution in [0.2, 0.25) is 0 Å². The summed E-state index contributed by atoms with van der Waals surface area (Å²) in [5.41, 5.74) is 5.95. The average Bonchev–Trinajstić information content (AvgIpc) is 2.31. The van der Waals surface area contributed by atoms with Crippen molar-refractivity contribution in [3.63, 3.8) is 0 Å². The molecule has 0 spiro atoms. The van der Waals surface area contributed by atoms with E-state index in [2.05, 4.69) is 0 Å². The fourth-order valence-corrected chi connectivity index (χ4v) is 1.58. The molecule has 1 rings (SSSR count). The number of likely N-dealkylation sites (N-methyl/N-ethyl adjacent to an activating group) is 1. The Morgan fingerprint density at radius 1 is 1.59 bits per heavy atom. The highest BCUT2D eigenvalue weighted by Crippen LogP contribution is 2.16. The topological polar surface area (TPSA) is 55.6 Å². The molecule has 0 aromatic heterocycles. The smallest absolute Gasteiger partial charge is 0.257 e. The monoisotopic (exact) mass is 240 g/mol. The minimum atomic E-state index is -0.696. The average molecular weight is 240 g/mol. The van der Waals surface area contributed by atoms with Crippen LogP contribution >= 0.6 is 0 Å². The number of anilines is 1. The highest BCUT2D eigenvalue weighted by Gasteiger charge is 2.23. The van der Waals surface area contributed by atoms with Crippen LogP contribution in [0.1, 0.15) is 6.92 Å². The number of halogens is 1. The molecule has 1 aromatic rings. The van der Waals surface area contributed by atoms with E-state index in [4.69, 9.17) is 10.5 Å². The van der Waals surface area contributed by atoms with E-state index >= 15 is 0 Å². The van der Waals surface area contributed by atoms with Gasteiger partial charge < -0.3 is 15.4 Å². The second kappa shape index (κ2) is 6.32. The number of carbonyl (C=O) groups excluding carboxylic acids is 1. The van der Waals surface area contributed by atoms with Gasteiger partial charge in [0.1, 0.15) is 11.9 Å². The Bertz CT molecular complexity index is 381. The largest absolute Gasteiger partial charge is 0.370 e. The van der Waals surface area contributed by atoms with E-state index in [1.165, 1.54) is 24.1 Å². The zero-order valence-electron chi connectivity index (χ0n) is 10.0. The summed E-state index contributed by atoms with van der Waals surface area (Å²) < 4.78 is 18.1. The molecule has 0 fully saturated rings. The molecule has 0 bridgehead atoms. The van der Waals surface area contributed by atoms with Crippen LogP contribution in [0.5, 0.6) is 0 Å². The standard InChI is InChI=1S/C12H17FN2O2/c1-3-15(12(16)11(8-14)17-2)10-6-4-5-9(13)7-10/h4-7,11H,3,8,14H2,1-2H3. The predicted molar refractivity (Wildman–Crippen MR) is 64.3 cm³/mol. The summed E-state index contributed by atoms with van der Waals surface area (Å²) in [7, 11) is 1.43. The van der Waals surface area contributed by atoms with E-state index < -0.39 is 6.10 Å². The van der Waals surface area contributed by atoms with Crippen LogP contribution < -0.4 is 10.6 Å². The Kier molecular flexibility index (Phi) is 5.06. The van der Waals surface area contributed by atoms with Crippen molar-refractivity contribution in [3.05, 3.63) is 30.1 Å². The number of amides is 1. The van der Waals surface area contributed by atoms with E-state index in [1.807, 2.05) is 6.92 Å². The SMILES string of the molecule is CCN(C(=O)C(CN)OC)c1cccc(F)c1. The molecule has 0 aliphatic carbocycles. The van der Waals surface area contributed by atoms with Crippen molar-refractivity contribution in [3.8, 4) is 0 Å². The summed E-state index contributed by atoms with van der Waals surface area (Å²) in [6.07, 6.45) is -0.696. The summed E-state index contributed by atoms with van der Waals surface area (Å²) in [5.74, 6) is -0.640.